The zero-order chi connectivity index (χ0) is 12.6. The van der Waals surface area contributed by atoms with E-state index in [1.54, 1.807) is 0 Å². The van der Waals surface area contributed by atoms with Crippen molar-refractivity contribution < 1.29 is 0 Å². The first-order valence-corrected chi connectivity index (χ1v) is 5.74. The van der Waals surface area contributed by atoms with Gasteiger partial charge in [0, 0.05) is 0 Å². The maximum atomic E-state index is 2.15. The molecule has 0 heterocycles. The Morgan fingerprint density at radius 2 is 1.25 bits per heavy atom. The third-order valence-corrected chi connectivity index (χ3v) is 2.28. The van der Waals surface area contributed by atoms with Crippen LogP contribution in [0.3, 0.4) is 0 Å². The molecule has 0 amide bonds. The number of hydrogen-bond acceptors (Lipinski definition) is 0. The van der Waals surface area contributed by atoms with Crippen LogP contribution in [0.5, 0.6) is 0 Å². The zero-order valence-electron chi connectivity index (χ0n) is 11.5. The highest BCUT2D eigenvalue weighted by atomic mass is 13.9. The third kappa shape index (κ3) is 8.05. The highest BCUT2D eigenvalue weighted by molar-refractivity contribution is 5.29. The van der Waals surface area contributed by atoms with E-state index in [0.29, 0.717) is 0 Å². The Hall–Kier alpha value is -1.30. The Balaban J connectivity index is 4.42. The SMILES string of the molecule is CC(C)=C/C=C/C(C)=C/C=C/C(C)=C(C)C. The van der Waals surface area contributed by atoms with Crippen LogP contribution in [-0.4, -0.2) is 0 Å². The molecule has 0 saturated heterocycles. The maximum Gasteiger partial charge on any atom is -0.0398 e. The van der Waals surface area contributed by atoms with E-state index in [4.69, 9.17) is 0 Å². The van der Waals surface area contributed by atoms with Crippen molar-refractivity contribution in [2.45, 2.75) is 41.5 Å². The molecule has 0 nitrogen and oxygen atoms in total. The van der Waals surface area contributed by atoms with Gasteiger partial charge in [-0.25, -0.2) is 0 Å². The normalized spacial score (nSPS) is 12.2. The van der Waals surface area contributed by atoms with Crippen molar-refractivity contribution in [2.24, 2.45) is 0 Å². The van der Waals surface area contributed by atoms with Gasteiger partial charge in [0.1, 0.15) is 0 Å². The second-order valence-electron chi connectivity index (χ2n) is 4.56. The van der Waals surface area contributed by atoms with Gasteiger partial charge in [-0.3, -0.25) is 0 Å². The van der Waals surface area contributed by atoms with E-state index in [-0.39, 0.29) is 0 Å². The van der Waals surface area contributed by atoms with Crippen LogP contribution in [0.2, 0.25) is 0 Å². The molecule has 0 saturated carbocycles. The highest BCUT2D eigenvalue weighted by Gasteiger charge is 1.83. The van der Waals surface area contributed by atoms with Gasteiger partial charge in [0.25, 0.3) is 0 Å². The maximum absolute atomic E-state index is 2.15. The molecule has 0 aliphatic rings. The molecule has 0 atom stereocenters. The Labute approximate surface area is 101 Å². The predicted molar refractivity (Wildman–Crippen MR) is 75.5 cm³/mol. The third-order valence-electron chi connectivity index (χ3n) is 2.28. The van der Waals surface area contributed by atoms with Gasteiger partial charge in [0.2, 0.25) is 0 Å². The molecule has 0 spiro atoms. The quantitative estimate of drug-likeness (QED) is 0.554. The van der Waals surface area contributed by atoms with Gasteiger partial charge in [-0.1, -0.05) is 58.7 Å². The topological polar surface area (TPSA) is 0 Å². The average molecular weight is 216 g/mol. The van der Waals surface area contributed by atoms with Crippen LogP contribution in [0.4, 0.5) is 0 Å². The van der Waals surface area contributed by atoms with Gasteiger partial charge in [0.05, 0.1) is 0 Å². The van der Waals surface area contributed by atoms with Crippen molar-refractivity contribution in [3.05, 3.63) is 58.7 Å². The summed E-state index contributed by atoms with van der Waals surface area (Å²) < 4.78 is 0. The van der Waals surface area contributed by atoms with Gasteiger partial charge in [-0.15, -0.1) is 0 Å². The van der Waals surface area contributed by atoms with Gasteiger partial charge in [-0.2, -0.15) is 0 Å². The van der Waals surface area contributed by atoms with E-state index in [1.807, 2.05) is 0 Å². The van der Waals surface area contributed by atoms with Crippen LogP contribution < -0.4 is 0 Å². The minimum Gasteiger partial charge on any atom is -0.0764 e. The fourth-order valence-corrected chi connectivity index (χ4v) is 0.959. The van der Waals surface area contributed by atoms with Crippen molar-refractivity contribution in [3.8, 4) is 0 Å². The molecule has 0 heteroatoms. The minimum absolute atomic E-state index is 1.26. The summed E-state index contributed by atoms with van der Waals surface area (Å²) in [6.45, 7) is 12.7. The first-order chi connectivity index (χ1) is 7.43. The van der Waals surface area contributed by atoms with Gasteiger partial charge < -0.3 is 0 Å². The summed E-state index contributed by atoms with van der Waals surface area (Å²) in [7, 11) is 0. The van der Waals surface area contributed by atoms with Crippen molar-refractivity contribution in [1.82, 2.24) is 0 Å². The molecule has 0 aromatic rings. The molecule has 0 fully saturated rings. The van der Waals surface area contributed by atoms with Gasteiger partial charge >= 0.3 is 0 Å². The lowest BCUT2D eigenvalue weighted by atomic mass is 10.1. The zero-order valence-corrected chi connectivity index (χ0v) is 11.5. The summed E-state index contributed by atoms with van der Waals surface area (Å²) in [6.07, 6.45) is 12.7. The van der Waals surface area contributed by atoms with E-state index in [2.05, 4.69) is 78.0 Å². The molecule has 0 N–H and O–H groups in total. The van der Waals surface area contributed by atoms with Crippen LogP contribution in [-0.2, 0) is 0 Å². The molecule has 16 heavy (non-hydrogen) atoms. The molecule has 0 rings (SSSR count). The van der Waals surface area contributed by atoms with Crippen molar-refractivity contribution in [1.29, 1.82) is 0 Å². The van der Waals surface area contributed by atoms with Gasteiger partial charge in [0.15, 0.2) is 0 Å². The molecule has 0 aromatic carbocycles. The van der Waals surface area contributed by atoms with E-state index in [9.17, 15) is 0 Å². The molecule has 0 aromatic heterocycles. The Kier molecular flexibility index (Phi) is 7.28. The first-order valence-electron chi connectivity index (χ1n) is 5.74. The Morgan fingerprint density at radius 3 is 1.75 bits per heavy atom. The minimum atomic E-state index is 1.26. The summed E-state index contributed by atoms with van der Waals surface area (Å²) in [5.41, 5.74) is 5.27. The molecule has 0 bridgehead atoms. The second-order valence-corrected chi connectivity index (χ2v) is 4.56. The predicted octanol–water partition coefficient (Wildman–Crippen LogP) is 5.37. The van der Waals surface area contributed by atoms with E-state index in [0.717, 1.165) is 0 Å². The largest absolute Gasteiger partial charge is 0.0764 e. The fraction of sp³-hybridized carbons (Fsp3) is 0.375. The summed E-state index contributed by atoms with van der Waals surface area (Å²) in [5, 5.41) is 0. The molecular formula is C16H24. The number of hydrogen-bond donors (Lipinski definition) is 0. The summed E-state index contributed by atoms with van der Waals surface area (Å²) >= 11 is 0. The van der Waals surface area contributed by atoms with E-state index >= 15 is 0 Å². The molecule has 0 unspecified atom stereocenters. The van der Waals surface area contributed by atoms with E-state index in [1.165, 1.54) is 22.3 Å². The van der Waals surface area contributed by atoms with E-state index < -0.39 is 0 Å². The number of rotatable bonds is 4. The Morgan fingerprint density at radius 1 is 0.688 bits per heavy atom. The Bertz CT molecular complexity index is 349. The summed E-state index contributed by atoms with van der Waals surface area (Å²) in [6, 6.07) is 0. The first kappa shape index (κ1) is 14.7. The lowest BCUT2D eigenvalue weighted by Gasteiger charge is -1.93. The molecule has 0 aliphatic carbocycles. The summed E-state index contributed by atoms with van der Waals surface area (Å²) in [5.74, 6) is 0. The van der Waals surface area contributed by atoms with Gasteiger partial charge in [-0.05, 0) is 41.5 Å². The molecule has 0 aliphatic heterocycles. The lowest BCUT2D eigenvalue weighted by molar-refractivity contribution is 1.29. The molecule has 88 valence electrons. The van der Waals surface area contributed by atoms with Crippen LogP contribution in [0.15, 0.2) is 58.7 Å². The monoisotopic (exact) mass is 216 g/mol. The molecule has 0 radical (unpaired) electrons. The second kappa shape index (κ2) is 7.92. The fourth-order valence-electron chi connectivity index (χ4n) is 0.959. The van der Waals surface area contributed by atoms with Crippen molar-refractivity contribution in [2.75, 3.05) is 0 Å². The summed E-state index contributed by atoms with van der Waals surface area (Å²) in [4.78, 5) is 0. The van der Waals surface area contributed by atoms with Crippen molar-refractivity contribution >= 4 is 0 Å². The number of allylic oxidation sites excluding steroid dienone is 10. The standard InChI is InChI=1S/C16H24/c1-13(2)9-7-10-15(5)11-8-12-16(6)14(3)4/h7-12H,1-6H3/b10-7+,12-8+,15-11+. The smallest absolute Gasteiger partial charge is 0.0398 e. The highest BCUT2D eigenvalue weighted by Crippen LogP contribution is 2.04. The van der Waals surface area contributed by atoms with Crippen LogP contribution >= 0.6 is 0 Å². The lowest BCUT2D eigenvalue weighted by Crippen LogP contribution is -1.72. The van der Waals surface area contributed by atoms with Crippen LogP contribution in [0.25, 0.3) is 0 Å². The van der Waals surface area contributed by atoms with Crippen LogP contribution in [0.1, 0.15) is 41.5 Å². The average Bonchev–Trinajstić information content (AvgIpc) is 2.16. The van der Waals surface area contributed by atoms with Crippen molar-refractivity contribution in [3.63, 3.8) is 0 Å². The van der Waals surface area contributed by atoms with Crippen LogP contribution in [0, 0.1) is 0 Å². The molecular weight excluding hydrogens is 192 g/mol.